The number of methoxy groups -OCH3 is 1. The molecule has 5 rings (SSSR count). The average Bonchev–Trinajstić information content (AvgIpc) is 3.34. The molecular formula is C27H30N4O3S. The zero-order chi connectivity index (χ0) is 24.2. The van der Waals surface area contributed by atoms with E-state index in [0.29, 0.717) is 22.4 Å². The second kappa shape index (κ2) is 10.7. The van der Waals surface area contributed by atoms with E-state index >= 15 is 0 Å². The minimum Gasteiger partial charge on any atom is -0.464 e. The summed E-state index contributed by atoms with van der Waals surface area (Å²) < 4.78 is 4.81. The normalized spacial score (nSPS) is 20.7. The van der Waals surface area contributed by atoms with Gasteiger partial charge in [0, 0.05) is 35.8 Å². The summed E-state index contributed by atoms with van der Waals surface area (Å²) in [4.78, 5) is 41.3. The first-order chi connectivity index (χ1) is 17.1. The van der Waals surface area contributed by atoms with Gasteiger partial charge in [0.1, 0.15) is 0 Å². The quantitative estimate of drug-likeness (QED) is 0.359. The van der Waals surface area contributed by atoms with Gasteiger partial charge in [0.2, 0.25) is 5.01 Å². The fourth-order valence-corrected chi connectivity index (χ4v) is 6.12. The van der Waals surface area contributed by atoms with Gasteiger partial charge >= 0.3 is 5.97 Å². The number of benzene rings is 1. The molecule has 7 nitrogen and oxygen atoms in total. The summed E-state index contributed by atoms with van der Waals surface area (Å²) in [5.41, 5.74) is 2.47. The predicted molar refractivity (Wildman–Crippen MR) is 137 cm³/mol. The number of pyridine rings is 1. The van der Waals surface area contributed by atoms with E-state index < -0.39 is 0 Å². The van der Waals surface area contributed by atoms with Crippen LogP contribution in [0.1, 0.15) is 62.8 Å². The number of hydrogen-bond acceptors (Lipinski definition) is 7. The number of nitrogens with zero attached hydrogens (tertiary/aromatic N) is 4. The van der Waals surface area contributed by atoms with E-state index in [1.54, 1.807) is 6.20 Å². The number of ether oxygens (including phenoxy) is 1. The minimum absolute atomic E-state index is 0.187. The Bertz CT molecular complexity index is 1240. The van der Waals surface area contributed by atoms with Crippen LogP contribution in [0, 0.1) is 11.8 Å². The van der Waals surface area contributed by atoms with Gasteiger partial charge < -0.3 is 4.74 Å². The maximum absolute atomic E-state index is 12.7. The van der Waals surface area contributed by atoms with E-state index in [1.165, 1.54) is 42.6 Å². The Kier molecular flexibility index (Phi) is 7.29. The smallest absolute Gasteiger partial charge is 0.367 e. The molecule has 2 aromatic heterocycles. The number of carbonyl (C=O) groups excluding carboxylic acids is 2. The molecule has 1 saturated carbocycles. The van der Waals surface area contributed by atoms with Gasteiger partial charge in [-0.2, -0.15) is 0 Å². The van der Waals surface area contributed by atoms with Gasteiger partial charge in [-0.25, -0.2) is 14.8 Å². The van der Waals surface area contributed by atoms with Crippen molar-refractivity contribution in [2.24, 2.45) is 16.8 Å². The van der Waals surface area contributed by atoms with E-state index in [0.717, 1.165) is 55.5 Å². The molecule has 3 heterocycles. The lowest BCUT2D eigenvalue weighted by Crippen LogP contribution is -2.32. The van der Waals surface area contributed by atoms with Crippen LogP contribution in [0.15, 0.2) is 41.5 Å². The number of aliphatic imine (C=N–C) groups is 1. The first kappa shape index (κ1) is 23.8. The molecule has 1 aromatic carbocycles. The standard InChI is InChI=1S/C27H30N4O3S/c1-34-27(33)26-30-23-17-31(15-12-24(23)35-26)14-11-18-7-9-19(10-8-18)16-29-25(32)21-4-2-6-22-20(21)5-3-13-28-22/h2-6,13,16,18-19H,7-12,14-15,17H2,1H3. The number of hydrogen-bond donors (Lipinski definition) is 0. The van der Waals surface area contributed by atoms with E-state index in [2.05, 4.69) is 19.9 Å². The van der Waals surface area contributed by atoms with Crippen molar-refractivity contribution in [2.45, 2.75) is 45.1 Å². The van der Waals surface area contributed by atoms with Crippen LogP contribution in [0.5, 0.6) is 0 Å². The van der Waals surface area contributed by atoms with Crippen LogP contribution in [0.4, 0.5) is 0 Å². The highest BCUT2D eigenvalue weighted by atomic mass is 32.1. The summed E-state index contributed by atoms with van der Waals surface area (Å²) in [5.74, 6) is 0.550. The van der Waals surface area contributed by atoms with Gasteiger partial charge in [0.05, 0.1) is 23.9 Å². The van der Waals surface area contributed by atoms with Crippen LogP contribution >= 0.6 is 11.3 Å². The van der Waals surface area contributed by atoms with Crippen LogP contribution in [-0.2, 0) is 17.7 Å². The Morgan fingerprint density at radius 1 is 1.20 bits per heavy atom. The third kappa shape index (κ3) is 5.49. The van der Waals surface area contributed by atoms with Crippen molar-refractivity contribution in [1.82, 2.24) is 14.9 Å². The summed E-state index contributed by atoms with van der Waals surface area (Å²) >= 11 is 1.47. The summed E-state index contributed by atoms with van der Waals surface area (Å²) in [6, 6.07) is 9.37. The van der Waals surface area contributed by atoms with Gasteiger partial charge in [0.15, 0.2) is 0 Å². The van der Waals surface area contributed by atoms with Crippen molar-refractivity contribution < 1.29 is 14.3 Å². The van der Waals surface area contributed by atoms with Gasteiger partial charge in [-0.3, -0.25) is 14.7 Å². The fraction of sp³-hybridized carbons (Fsp3) is 0.444. The molecule has 3 aromatic rings. The summed E-state index contributed by atoms with van der Waals surface area (Å²) in [6.45, 7) is 2.89. The maximum atomic E-state index is 12.7. The van der Waals surface area contributed by atoms with Crippen LogP contribution in [0.25, 0.3) is 10.9 Å². The van der Waals surface area contributed by atoms with Gasteiger partial charge in [-0.15, -0.1) is 11.3 Å². The Morgan fingerprint density at radius 3 is 2.89 bits per heavy atom. The zero-order valence-electron chi connectivity index (χ0n) is 20.0. The van der Waals surface area contributed by atoms with Crippen LogP contribution in [0.3, 0.4) is 0 Å². The number of rotatable bonds is 6. The molecule has 1 aliphatic carbocycles. The number of thiazole rings is 1. The number of esters is 1. The second-order valence-electron chi connectivity index (χ2n) is 9.44. The number of fused-ring (bicyclic) bond motifs is 2. The molecule has 0 atom stereocenters. The second-order valence-corrected chi connectivity index (χ2v) is 10.5. The highest BCUT2D eigenvalue weighted by Gasteiger charge is 2.25. The SMILES string of the molecule is COC(=O)c1nc2c(s1)CCN(CCC1CCC(C=NC(=O)c3cccc4ncccc34)CC1)C2. The average molecular weight is 491 g/mol. The number of amides is 1. The number of carbonyl (C=O) groups is 2. The van der Waals surface area contributed by atoms with Crippen LogP contribution in [-0.4, -0.2) is 53.2 Å². The molecule has 8 heteroatoms. The van der Waals surface area contributed by atoms with Crippen molar-refractivity contribution >= 4 is 40.3 Å². The van der Waals surface area contributed by atoms with Crippen molar-refractivity contribution in [3.8, 4) is 0 Å². The highest BCUT2D eigenvalue weighted by molar-refractivity contribution is 7.13. The lowest BCUT2D eigenvalue weighted by atomic mass is 9.81. The molecular weight excluding hydrogens is 460 g/mol. The highest BCUT2D eigenvalue weighted by Crippen LogP contribution is 2.31. The van der Waals surface area contributed by atoms with Crippen molar-refractivity contribution in [3.63, 3.8) is 0 Å². The molecule has 0 N–H and O–H groups in total. The minimum atomic E-state index is -0.341. The molecule has 0 bridgehead atoms. The molecule has 0 saturated heterocycles. The Balaban J connectivity index is 1.08. The Labute approximate surface area is 209 Å². The maximum Gasteiger partial charge on any atom is 0.367 e. The van der Waals surface area contributed by atoms with Crippen molar-refractivity contribution in [1.29, 1.82) is 0 Å². The largest absolute Gasteiger partial charge is 0.464 e. The molecule has 0 radical (unpaired) electrons. The van der Waals surface area contributed by atoms with E-state index in [9.17, 15) is 9.59 Å². The summed E-state index contributed by atoms with van der Waals surface area (Å²) in [5, 5.41) is 1.32. The Morgan fingerprint density at radius 2 is 2.06 bits per heavy atom. The molecule has 1 fully saturated rings. The van der Waals surface area contributed by atoms with Crippen molar-refractivity contribution in [3.05, 3.63) is 57.7 Å². The third-order valence-corrected chi connectivity index (χ3v) is 8.33. The van der Waals surface area contributed by atoms with E-state index in [4.69, 9.17) is 4.74 Å². The summed E-state index contributed by atoms with van der Waals surface area (Å²) in [6.07, 6.45) is 10.2. The first-order valence-electron chi connectivity index (χ1n) is 12.3. The molecule has 0 unspecified atom stereocenters. The lowest BCUT2D eigenvalue weighted by Gasteiger charge is -2.30. The number of aromatic nitrogens is 2. The molecule has 35 heavy (non-hydrogen) atoms. The lowest BCUT2D eigenvalue weighted by molar-refractivity contribution is 0.0599. The van der Waals surface area contributed by atoms with Crippen LogP contribution in [0.2, 0.25) is 0 Å². The molecule has 2 aliphatic rings. The molecule has 1 aliphatic heterocycles. The van der Waals surface area contributed by atoms with Gasteiger partial charge in [-0.05, 0) is 75.1 Å². The molecule has 0 spiro atoms. The summed E-state index contributed by atoms with van der Waals surface area (Å²) in [7, 11) is 1.40. The third-order valence-electron chi connectivity index (χ3n) is 7.19. The Hall–Kier alpha value is -2.97. The van der Waals surface area contributed by atoms with Gasteiger partial charge in [-0.1, -0.05) is 12.1 Å². The monoisotopic (exact) mass is 490 g/mol. The van der Waals surface area contributed by atoms with Crippen molar-refractivity contribution in [2.75, 3.05) is 20.2 Å². The van der Waals surface area contributed by atoms with Gasteiger partial charge in [0.25, 0.3) is 5.91 Å². The van der Waals surface area contributed by atoms with E-state index in [-0.39, 0.29) is 11.9 Å². The fourth-order valence-electron chi connectivity index (χ4n) is 5.14. The molecule has 182 valence electrons. The molecule has 1 amide bonds. The van der Waals surface area contributed by atoms with Crippen LogP contribution < -0.4 is 0 Å². The zero-order valence-corrected chi connectivity index (χ0v) is 20.8. The predicted octanol–water partition coefficient (Wildman–Crippen LogP) is 4.94. The topological polar surface area (TPSA) is 84.8 Å². The van der Waals surface area contributed by atoms with E-state index in [1.807, 2.05) is 36.5 Å². The first-order valence-corrected chi connectivity index (χ1v) is 13.1.